The van der Waals surface area contributed by atoms with Crippen LogP contribution in [-0.2, 0) is 14.3 Å². The van der Waals surface area contributed by atoms with Gasteiger partial charge in [0, 0.05) is 19.3 Å². The fraction of sp³-hybridized carbons (Fsp3) is 0.933. The van der Waals surface area contributed by atoms with Gasteiger partial charge in [-0.15, -0.1) is 11.6 Å². The summed E-state index contributed by atoms with van der Waals surface area (Å²) in [5.41, 5.74) is 0. The molecule has 120 valence electrons. The van der Waals surface area contributed by atoms with Crippen molar-refractivity contribution in [3.63, 3.8) is 0 Å². The molecular formula is C15H30ClNO3. The van der Waals surface area contributed by atoms with E-state index in [2.05, 4.69) is 13.8 Å². The lowest BCUT2D eigenvalue weighted by molar-refractivity contribution is -0.161. The van der Waals surface area contributed by atoms with Gasteiger partial charge >= 0.3 is 0 Å². The Bertz CT molecular complexity index is 245. The molecule has 0 aromatic heterocycles. The second-order valence-corrected chi connectivity index (χ2v) is 5.13. The van der Waals surface area contributed by atoms with Crippen molar-refractivity contribution in [1.82, 2.24) is 4.90 Å². The zero-order chi connectivity index (χ0) is 15.4. The van der Waals surface area contributed by atoms with Crippen LogP contribution >= 0.6 is 11.6 Å². The highest BCUT2D eigenvalue weighted by Gasteiger charge is 2.23. The number of nitrogens with zero attached hydrogens (tertiary/aromatic N) is 1. The van der Waals surface area contributed by atoms with Crippen molar-refractivity contribution in [2.24, 2.45) is 0 Å². The molecule has 0 spiro atoms. The second kappa shape index (κ2) is 12.4. The molecule has 4 nitrogen and oxygen atoms in total. The minimum absolute atomic E-state index is 0.00306. The highest BCUT2D eigenvalue weighted by atomic mass is 35.5. The molecule has 0 aliphatic carbocycles. The van der Waals surface area contributed by atoms with Crippen molar-refractivity contribution in [3.05, 3.63) is 0 Å². The Balaban J connectivity index is 4.55. The van der Waals surface area contributed by atoms with Gasteiger partial charge in [0.1, 0.15) is 5.88 Å². The number of hydrogen-bond acceptors (Lipinski definition) is 3. The SMILES string of the molecule is CCCCCC(C)N(CC(OCC)OCC)C(=O)CCl. The van der Waals surface area contributed by atoms with Crippen molar-refractivity contribution in [3.8, 4) is 0 Å². The van der Waals surface area contributed by atoms with E-state index >= 15 is 0 Å². The van der Waals surface area contributed by atoms with Gasteiger partial charge < -0.3 is 14.4 Å². The molecule has 5 heteroatoms. The number of ether oxygens (including phenoxy) is 2. The van der Waals surface area contributed by atoms with Gasteiger partial charge in [0.15, 0.2) is 6.29 Å². The van der Waals surface area contributed by atoms with Crippen LogP contribution in [-0.4, -0.2) is 48.8 Å². The lowest BCUT2D eigenvalue weighted by atomic mass is 10.1. The van der Waals surface area contributed by atoms with Crippen molar-refractivity contribution in [2.75, 3.05) is 25.6 Å². The first-order chi connectivity index (χ1) is 9.60. The third kappa shape index (κ3) is 8.08. The fourth-order valence-electron chi connectivity index (χ4n) is 2.14. The molecular weight excluding hydrogens is 278 g/mol. The molecule has 0 heterocycles. The molecule has 0 fully saturated rings. The number of halogens is 1. The van der Waals surface area contributed by atoms with E-state index in [1.165, 1.54) is 12.8 Å². The van der Waals surface area contributed by atoms with E-state index in [0.717, 1.165) is 12.8 Å². The van der Waals surface area contributed by atoms with E-state index in [0.29, 0.717) is 19.8 Å². The molecule has 20 heavy (non-hydrogen) atoms. The third-order valence-electron chi connectivity index (χ3n) is 3.24. The number of carbonyl (C=O) groups excluding carboxylic acids is 1. The quantitative estimate of drug-likeness (QED) is 0.315. The Morgan fingerprint density at radius 2 is 1.75 bits per heavy atom. The summed E-state index contributed by atoms with van der Waals surface area (Å²) in [5, 5.41) is 0. The van der Waals surface area contributed by atoms with Crippen LogP contribution in [0.1, 0.15) is 53.4 Å². The second-order valence-electron chi connectivity index (χ2n) is 4.86. The summed E-state index contributed by atoms with van der Waals surface area (Å²) in [6.45, 7) is 9.66. The zero-order valence-electron chi connectivity index (χ0n) is 13.4. The highest BCUT2D eigenvalue weighted by molar-refractivity contribution is 6.27. The Morgan fingerprint density at radius 1 is 1.15 bits per heavy atom. The smallest absolute Gasteiger partial charge is 0.237 e. The molecule has 1 unspecified atom stereocenters. The van der Waals surface area contributed by atoms with E-state index in [1.807, 2.05) is 13.8 Å². The molecule has 0 aliphatic heterocycles. The average molecular weight is 308 g/mol. The maximum absolute atomic E-state index is 12.0. The van der Waals surface area contributed by atoms with Gasteiger partial charge in [-0.2, -0.15) is 0 Å². The normalized spacial score (nSPS) is 12.7. The molecule has 1 atom stereocenters. The summed E-state index contributed by atoms with van der Waals surface area (Å²) in [5.74, 6) is -0.0524. The van der Waals surface area contributed by atoms with Gasteiger partial charge in [-0.3, -0.25) is 4.79 Å². The Labute approximate surface area is 128 Å². The first-order valence-electron chi connectivity index (χ1n) is 7.69. The molecule has 0 saturated heterocycles. The van der Waals surface area contributed by atoms with Gasteiger partial charge in [-0.05, 0) is 27.2 Å². The fourth-order valence-corrected chi connectivity index (χ4v) is 2.29. The lowest BCUT2D eigenvalue weighted by Gasteiger charge is -2.32. The lowest BCUT2D eigenvalue weighted by Crippen LogP contribution is -2.45. The molecule has 1 amide bonds. The van der Waals surface area contributed by atoms with Gasteiger partial charge in [0.2, 0.25) is 5.91 Å². The first kappa shape index (κ1) is 19.7. The molecule has 0 aromatic rings. The molecule has 0 rings (SSSR count). The topological polar surface area (TPSA) is 38.8 Å². The Morgan fingerprint density at radius 3 is 2.20 bits per heavy atom. The average Bonchev–Trinajstić information content (AvgIpc) is 2.44. The summed E-state index contributed by atoms with van der Waals surface area (Å²) in [6, 6.07) is 0.163. The van der Waals surface area contributed by atoms with Crippen LogP contribution in [0.5, 0.6) is 0 Å². The Kier molecular flexibility index (Phi) is 12.2. The van der Waals surface area contributed by atoms with Crippen LogP contribution in [0.15, 0.2) is 0 Å². The van der Waals surface area contributed by atoms with Crippen molar-refractivity contribution >= 4 is 17.5 Å². The summed E-state index contributed by atoms with van der Waals surface area (Å²) >= 11 is 5.72. The largest absolute Gasteiger partial charge is 0.351 e. The van der Waals surface area contributed by atoms with Crippen LogP contribution in [0.3, 0.4) is 0 Å². The molecule has 0 radical (unpaired) electrons. The number of rotatable bonds is 12. The molecule has 0 aliphatic rings. The van der Waals surface area contributed by atoms with E-state index < -0.39 is 0 Å². The van der Waals surface area contributed by atoms with Gasteiger partial charge in [-0.25, -0.2) is 0 Å². The first-order valence-corrected chi connectivity index (χ1v) is 8.22. The van der Waals surface area contributed by atoms with Crippen molar-refractivity contribution < 1.29 is 14.3 Å². The molecule has 0 aromatic carbocycles. The van der Waals surface area contributed by atoms with E-state index in [-0.39, 0.29) is 24.1 Å². The minimum Gasteiger partial charge on any atom is -0.351 e. The monoisotopic (exact) mass is 307 g/mol. The highest BCUT2D eigenvalue weighted by Crippen LogP contribution is 2.13. The number of amides is 1. The predicted octanol–water partition coefficient (Wildman–Crippen LogP) is 3.42. The Hall–Kier alpha value is -0.320. The van der Waals surface area contributed by atoms with Gasteiger partial charge in [0.25, 0.3) is 0 Å². The van der Waals surface area contributed by atoms with Gasteiger partial charge in [0.05, 0.1) is 6.54 Å². The molecule has 0 bridgehead atoms. The zero-order valence-corrected chi connectivity index (χ0v) is 14.1. The summed E-state index contributed by atoms with van der Waals surface area (Å²) in [7, 11) is 0. The van der Waals surface area contributed by atoms with Gasteiger partial charge in [-0.1, -0.05) is 26.2 Å². The number of carbonyl (C=O) groups is 1. The number of hydrogen-bond donors (Lipinski definition) is 0. The molecule has 0 saturated carbocycles. The van der Waals surface area contributed by atoms with Crippen LogP contribution < -0.4 is 0 Å². The number of unbranched alkanes of at least 4 members (excludes halogenated alkanes) is 2. The van der Waals surface area contributed by atoms with Crippen LogP contribution in [0.4, 0.5) is 0 Å². The van der Waals surface area contributed by atoms with Crippen molar-refractivity contribution in [2.45, 2.75) is 65.7 Å². The number of alkyl halides is 1. The van der Waals surface area contributed by atoms with Crippen LogP contribution in [0, 0.1) is 0 Å². The predicted molar refractivity (Wildman–Crippen MR) is 83.1 cm³/mol. The maximum atomic E-state index is 12.0. The summed E-state index contributed by atoms with van der Waals surface area (Å²) < 4.78 is 11.0. The third-order valence-corrected chi connectivity index (χ3v) is 3.47. The van der Waals surface area contributed by atoms with E-state index in [9.17, 15) is 4.79 Å². The van der Waals surface area contributed by atoms with Crippen molar-refractivity contribution in [1.29, 1.82) is 0 Å². The minimum atomic E-state index is -0.370. The van der Waals surface area contributed by atoms with Crippen LogP contribution in [0.2, 0.25) is 0 Å². The van der Waals surface area contributed by atoms with E-state index in [1.54, 1.807) is 4.90 Å². The molecule has 0 N–H and O–H groups in total. The van der Waals surface area contributed by atoms with E-state index in [4.69, 9.17) is 21.1 Å². The summed E-state index contributed by atoms with van der Waals surface area (Å²) in [6.07, 6.45) is 4.11. The maximum Gasteiger partial charge on any atom is 0.237 e. The van der Waals surface area contributed by atoms with Crippen LogP contribution in [0.25, 0.3) is 0 Å². The standard InChI is InChI=1S/C15H30ClNO3/c1-5-8-9-10-13(4)17(14(18)11-16)12-15(19-6-2)20-7-3/h13,15H,5-12H2,1-4H3. The summed E-state index contributed by atoms with van der Waals surface area (Å²) in [4.78, 5) is 13.8.